The Kier molecular flexibility index (Phi) is 8.15. The summed E-state index contributed by atoms with van der Waals surface area (Å²) in [5.74, 6) is -6.96. The number of rotatable bonds is 11. The van der Waals surface area contributed by atoms with Crippen molar-refractivity contribution in [3.05, 3.63) is 58.7 Å². The molecule has 0 saturated carbocycles. The molecule has 2 aromatic rings. The molecule has 2 unspecified atom stereocenters. The molecule has 9 nitrogen and oxygen atoms in total. The molecule has 0 heterocycles. The van der Waals surface area contributed by atoms with Crippen molar-refractivity contribution in [3.8, 4) is 11.1 Å². The van der Waals surface area contributed by atoms with E-state index in [1.807, 2.05) is 0 Å². The van der Waals surface area contributed by atoms with Gasteiger partial charge in [0.05, 0.1) is 7.11 Å². The van der Waals surface area contributed by atoms with Crippen molar-refractivity contribution in [1.82, 2.24) is 0 Å². The molecule has 4 rings (SSSR count). The highest BCUT2D eigenvalue weighted by Gasteiger charge is 2.44. The normalized spacial score (nSPS) is 17.7. The van der Waals surface area contributed by atoms with Crippen molar-refractivity contribution in [1.29, 1.82) is 0 Å². The smallest absolute Gasteiger partial charge is 0.305 e. The Labute approximate surface area is 228 Å². The number of fused-ring (bicyclic) bond motifs is 2. The number of carbonyl (C=O) groups is 8. The number of thiol groups is 1. The molecule has 0 fully saturated rings. The van der Waals surface area contributed by atoms with Crippen LogP contribution in [0, 0.1) is 11.8 Å². The third-order valence-electron chi connectivity index (χ3n) is 6.97. The van der Waals surface area contributed by atoms with Gasteiger partial charge in [0.2, 0.25) is 0 Å². The Morgan fingerprint density at radius 2 is 1.05 bits per heavy atom. The van der Waals surface area contributed by atoms with Gasteiger partial charge < -0.3 is 4.74 Å². The molecule has 2 atom stereocenters. The minimum Gasteiger partial charge on any atom is -0.469 e. The third kappa shape index (κ3) is 5.42. The van der Waals surface area contributed by atoms with Gasteiger partial charge in [0.1, 0.15) is 11.8 Å². The van der Waals surface area contributed by atoms with Gasteiger partial charge in [-0.05, 0) is 36.1 Å². The largest absolute Gasteiger partial charge is 0.469 e. The average molecular weight is 549 g/mol. The number of ketones is 6. The van der Waals surface area contributed by atoms with Crippen LogP contribution in [0.5, 0.6) is 0 Å². The van der Waals surface area contributed by atoms with Crippen LogP contribution in [0.25, 0.3) is 11.1 Å². The molecule has 2 aliphatic carbocycles. The molecular formula is C29H24O9S. The van der Waals surface area contributed by atoms with Gasteiger partial charge in [-0.15, -0.1) is 12.6 Å². The van der Waals surface area contributed by atoms with Gasteiger partial charge in [0, 0.05) is 47.9 Å². The number of esters is 1. The van der Waals surface area contributed by atoms with Crippen molar-refractivity contribution in [2.75, 3.05) is 7.11 Å². The second-order valence-electron chi connectivity index (χ2n) is 9.45. The molecule has 0 saturated heterocycles. The second kappa shape index (κ2) is 11.4. The second-order valence-corrected chi connectivity index (χ2v) is 9.95. The summed E-state index contributed by atoms with van der Waals surface area (Å²) in [4.78, 5) is 99.1. The van der Waals surface area contributed by atoms with E-state index in [-0.39, 0.29) is 65.9 Å². The van der Waals surface area contributed by atoms with Crippen molar-refractivity contribution in [3.63, 3.8) is 0 Å². The Bertz CT molecular complexity index is 1470. The number of hydrogen-bond donors (Lipinski definition) is 1. The number of hydrogen-bond acceptors (Lipinski definition) is 9. The Hall–Kier alpha value is -4.05. The number of methoxy groups -OCH3 is 1. The van der Waals surface area contributed by atoms with Gasteiger partial charge >= 0.3 is 5.97 Å². The quantitative estimate of drug-likeness (QED) is 0.253. The minimum atomic E-state index is -1.46. The van der Waals surface area contributed by atoms with Crippen LogP contribution in [0.3, 0.4) is 0 Å². The highest BCUT2D eigenvalue weighted by atomic mass is 32.1. The number of Topliss-reactive ketones (excluding diaryl/α,β-unsaturated/α-hetero) is 6. The topological polar surface area (TPSA) is 146 Å². The molecule has 0 radical (unpaired) electrons. The first-order valence-corrected chi connectivity index (χ1v) is 12.8. The van der Waals surface area contributed by atoms with Crippen molar-refractivity contribution in [2.45, 2.75) is 38.5 Å². The highest BCUT2D eigenvalue weighted by molar-refractivity contribution is 7.96. The number of carbonyl (C=O) groups excluding carboxylic acids is 8. The van der Waals surface area contributed by atoms with E-state index in [1.54, 1.807) is 12.1 Å². The van der Waals surface area contributed by atoms with Crippen LogP contribution < -0.4 is 0 Å². The molecule has 0 amide bonds. The third-order valence-corrected chi connectivity index (χ3v) is 7.20. The number of ether oxygens (including phenoxy) is 1. The highest BCUT2D eigenvalue weighted by Crippen LogP contribution is 2.35. The van der Waals surface area contributed by atoms with E-state index in [0.717, 1.165) is 0 Å². The molecule has 200 valence electrons. The summed E-state index contributed by atoms with van der Waals surface area (Å²) in [6, 6.07) is 8.99. The molecule has 10 heteroatoms. The van der Waals surface area contributed by atoms with E-state index in [0.29, 0.717) is 11.1 Å². The van der Waals surface area contributed by atoms with Gasteiger partial charge in [0.25, 0.3) is 0 Å². The fourth-order valence-corrected chi connectivity index (χ4v) is 5.10. The lowest BCUT2D eigenvalue weighted by molar-refractivity contribution is -0.140. The van der Waals surface area contributed by atoms with Crippen LogP contribution in [0.1, 0.15) is 80.0 Å². The molecule has 0 N–H and O–H groups in total. The first kappa shape index (κ1) is 28.0. The van der Waals surface area contributed by atoms with E-state index in [1.165, 1.54) is 31.4 Å². The predicted octanol–water partition coefficient (Wildman–Crippen LogP) is 3.45. The summed E-state index contributed by atoms with van der Waals surface area (Å²) >= 11 is 3.65. The van der Waals surface area contributed by atoms with E-state index >= 15 is 0 Å². The number of benzene rings is 2. The van der Waals surface area contributed by atoms with Gasteiger partial charge in [-0.1, -0.05) is 24.3 Å². The van der Waals surface area contributed by atoms with E-state index in [2.05, 4.69) is 17.4 Å². The maximum absolute atomic E-state index is 13.0. The molecule has 0 bridgehead atoms. The van der Waals surface area contributed by atoms with Crippen molar-refractivity contribution in [2.24, 2.45) is 11.8 Å². The first-order valence-electron chi connectivity index (χ1n) is 12.3. The van der Waals surface area contributed by atoms with Gasteiger partial charge in [-0.3, -0.25) is 38.4 Å². The van der Waals surface area contributed by atoms with E-state index < -0.39 is 52.5 Å². The monoisotopic (exact) mass is 548 g/mol. The molecule has 0 aromatic heterocycles. The summed E-state index contributed by atoms with van der Waals surface area (Å²) in [6.45, 7) is 0. The van der Waals surface area contributed by atoms with E-state index in [9.17, 15) is 38.4 Å². The lowest BCUT2D eigenvalue weighted by atomic mass is 9.94. The van der Waals surface area contributed by atoms with Gasteiger partial charge in [-0.2, -0.15) is 0 Å². The van der Waals surface area contributed by atoms with Crippen LogP contribution in [-0.2, 0) is 23.9 Å². The minimum absolute atomic E-state index is 0.00419. The first-order chi connectivity index (χ1) is 18.5. The fraction of sp³-hybridized carbons (Fsp3) is 0.310. The van der Waals surface area contributed by atoms with E-state index in [4.69, 9.17) is 0 Å². The Morgan fingerprint density at radius 3 is 1.46 bits per heavy atom. The molecule has 0 aliphatic heterocycles. The van der Waals surface area contributed by atoms with Crippen LogP contribution in [0.2, 0.25) is 0 Å². The lowest BCUT2D eigenvalue weighted by Gasteiger charge is -2.06. The molecule has 39 heavy (non-hydrogen) atoms. The Balaban J connectivity index is 1.53. The van der Waals surface area contributed by atoms with Crippen molar-refractivity contribution >= 4 is 58.4 Å². The van der Waals surface area contributed by atoms with Crippen LogP contribution in [0.15, 0.2) is 36.4 Å². The standard InChI is InChI=1S/C29H24O9S/c1-38-22(32)6-2-4-20(30)24-26(34)16-10-8-14(12-18(16)28(24)36)15-9-11-17-19(13-15)29(37)25(27(17)35)21(31)5-3-7-23(33)39/h8-13,24-25H,2-7H2,1H3,(H,33,39). The maximum Gasteiger partial charge on any atom is 0.305 e. The summed E-state index contributed by atoms with van der Waals surface area (Å²) in [5.41, 5.74) is 1.38. The van der Waals surface area contributed by atoms with Crippen LogP contribution in [0.4, 0.5) is 0 Å². The zero-order valence-corrected chi connectivity index (χ0v) is 21.9. The summed E-state index contributed by atoms with van der Waals surface area (Å²) in [7, 11) is 1.23. The molecule has 2 aliphatic rings. The lowest BCUT2D eigenvalue weighted by Crippen LogP contribution is -2.25. The summed E-state index contributed by atoms with van der Waals surface area (Å²) in [5, 5.41) is -0.386. The molecule has 2 aromatic carbocycles. The van der Waals surface area contributed by atoms with Crippen LogP contribution in [-0.4, -0.2) is 52.9 Å². The zero-order chi connectivity index (χ0) is 28.4. The molecule has 0 spiro atoms. The van der Waals surface area contributed by atoms with Gasteiger partial charge in [-0.25, -0.2) is 0 Å². The average Bonchev–Trinajstić information content (AvgIpc) is 3.31. The summed E-state index contributed by atoms with van der Waals surface area (Å²) in [6.07, 6.45) is 0.179. The SMILES string of the molecule is COC(=O)CCCC(=O)C1C(=O)c2ccc(-c3ccc4c(c3)C(=O)C(C(=O)CCCC(=O)S)C4=O)cc2C1=O. The fourth-order valence-electron chi connectivity index (χ4n) is 4.94. The molecular weight excluding hydrogens is 524 g/mol. The predicted molar refractivity (Wildman–Crippen MR) is 140 cm³/mol. The zero-order valence-electron chi connectivity index (χ0n) is 21.0. The van der Waals surface area contributed by atoms with Crippen LogP contribution >= 0.6 is 12.6 Å². The maximum atomic E-state index is 13.0. The summed E-state index contributed by atoms with van der Waals surface area (Å²) < 4.78 is 4.53. The van der Waals surface area contributed by atoms with Gasteiger partial charge in [0.15, 0.2) is 39.8 Å². The Morgan fingerprint density at radius 1 is 0.641 bits per heavy atom. The van der Waals surface area contributed by atoms with Crippen molar-refractivity contribution < 1.29 is 43.1 Å².